The van der Waals surface area contributed by atoms with E-state index < -0.39 is 5.41 Å². The minimum Gasteiger partial charge on any atom is -0.311 e. The van der Waals surface area contributed by atoms with E-state index in [1.165, 1.54) is 27.8 Å². The molecule has 92 heavy (non-hydrogen) atoms. The molecule has 0 saturated heterocycles. The van der Waals surface area contributed by atoms with E-state index in [2.05, 4.69) is 335 Å². The van der Waals surface area contributed by atoms with E-state index in [4.69, 9.17) is 6.57 Å². The number of nitrogens with zero attached hydrogens (tertiary/aromatic N) is 5. The lowest BCUT2D eigenvalue weighted by atomic mass is 9.70. The Morgan fingerprint density at radius 3 is 1.32 bits per heavy atom. The molecule has 1 aromatic heterocycles. The minimum atomic E-state index is -0.868. The normalized spacial score (nSPS) is 12.2. The molecule has 428 valence electrons. The predicted molar refractivity (Wildman–Crippen MR) is 379 cm³/mol. The molecule has 1 heterocycles. The first-order chi connectivity index (χ1) is 45.5. The average Bonchev–Trinajstić information content (AvgIpc) is 1.49. The third-order valence-corrected chi connectivity index (χ3v) is 18.7. The summed E-state index contributed by atoms with van der Waals surface area (Å²) in [4.78, 5) is 8.71. The Balaban J connectivity index is 1.02. The molecule has 5 nitrogen and oxygen atoms in total. The average molecular weight is 1170 g/mol. The SMILES string of the molecule is [C-]#[N+]c1ccc(N(c2cc(-c3ccccc3)cc(-c3ccccc3)c2)c2ccc3c(c2)C2(c4ccccc4-c4ccccc42)c2cc(N(c4ccc(C#N)cc4)c4cc(-c5ccccc5)cc(-c5ccccc5)c4)c4c5ccccc5n(-c5ccccc5)c4c2-3)cc1. The molecule has 0 aliphatic heterocycles. The Morgan fingerprint density at radius 1 is 0.348 bits per heavy atom. The van der Waals surface area contributed by atoms with Crippen LogP contribution in [0.4, 0.5) is 39.8 Å². The van der Waals surface area contributed by atoms with Crippen molar-refractivity contribution in [1.29, 1.82) is 5.26 Å². The zero-order chi connectivity index (χ0) is 61.3. The van der Waals surface area contributed by atoms with E-state index in [0.717, 1.165) is 123 Å². The van der Waals surface area contributed by atoms with E-state index in [0.29, 0.717) is 11.3 Å². The molecule has 0 amide bonds. The van der Waals surface area contributed by atoms with Crippen LogP contribution in [0, 0.1) is 17.9 Å². The summed E-state index contributed by atoms with van der Waals surface area (Å²) in [5.41, 5.74) is 27.5. The van der Waals surface area contributed by atoms with Crippen molar-refractivity contribution in [3.8, 4) is 78.5 Å². The lowest BCUT2D eigenvalue weighted by Gasteiger charge is -2.34. The third-order valence-electron chi connectivity index (χ3n) is 18.7. The molecule has 17 rings (SSSR count). The largest absolute Gasteiger partial charge is 0.311 e. The van der Waals surface area contributed by atoms with Gasteiger partial charge >= 0.3 is 0 Å². The molecule has 0 radical (unpaired) electrons. The van der Waals surface area contributed by atoms with Gasteiger partial charge in [0.25, 0.3) is 0 Å². The van der Waals surface area contributed by atoms with Crippen molar-refractivity contribution in [2.75, 3.05) is 9.80 Å². The van der Waals surface area contributed by atoms with Gasteiger partial charge in [-0.05, 0) is 193 Å². The van der Waals surface area contributed by atoms with Crippen LogP contribution in [0.3, 0.4) is 0 Å². The number of hydrogen-bond acceptors (Lipinski definition) is 3. The summed E-state index contributed by atoms with van der Waals surface area (Å²) < 4.78 is 2.51. The van der Waals surface area contributed by atoms with Crippen molar-refractivity contribution in [2.45, 2.75) is 5.41 Å². The quantitative estimate of drug-likeness (QED) is 0.121. The molecule has 0 atom stereocenters. The first-order valence-electron chi connectivity index (χ1n) is 31.1. The zero-order valence-electron chi connectivity index (χ0n) is 50.0. The summed E-state index contributed by atoms with van der Waals surface area (Å²) in [6.45, 7) is 8.06. The maximum Gasteiger partial charge on any atom is 0.187 e. The van der Waals surface area contributed by atoms with Crippen molar-refractivity contribution in [3.63, 3.8) is 0 Å². The zero-order valence-corrected chi connectivity index (χ0v) is 50.0. The molecule has 2 aliphatic carbocycles. The maximum atomic E-state index is 10.4. The van der Waals surface area contributed by atoms with Gasteiger partial charge in [-0.15, -0.1) is 0 Å². The summed E-state index contributed by atoms with van der Waals surface area (Å²) in [7, 11) is 0. The van der Waals surface area contributed by atoms with E-state index in [9.17, 15) is 5.26 Å². The summed E-state index contributed by atoms with van der Waals surface area (Å²) in [6, 6.07) is 123. The second kappa shape index (κ2) is 21.9. The van der Waals surface area contributed by atoms with Crippen LogP contribution in [0.2, 0.25) is 0 Å². The number of benzene rings is 14. The molecule has 5 heteroatoms. The monoisotopic (exact) mass is 1170 g/mol. The van der Waals surface area contributed by atoms with Gasteiger partial charge in [-0.2, -0.15) is 5.26 Å². The van der Waals surface area contributed by atoms with Gasteiger partial charge in [0.15, 0.2) is 5.69 Å². The van der Waals surface area contributed by atoms with E-state index in [1.807, 2.05) is 24.3 Å². The minimum absolute atomic E-state index is 0.575. The molecule has 2 aliphatic rings. The van der Waals surface area contributed by atoms with Gasteiger partial charge in [-0.1, -0.05) is 224 Å². The first-order valence-corrected chi connectivity index (χ1v) is 31.1. The number of hydrogen-bond donors (Lipinski definition) is 0. The molecule has 0 bridgehead atoms. The smallest absolute Gasteiger partial charge is 0.187 e. The van der Waals surface area contributed by atoms with Crippen LogP contribution in [0.5, 0.6) is 0 Å². The maximum absolute atomic E-state index is 10.4. The number of rotatable bonds is 11. The van der Waals surface area contributed by atoms with Gasteiger partial charge in [0, 0.05) is 50.5 Å². The van der Waals surface area contributed by atoms with Crippen LogP contribution in [0.1, 0.15) is 27.8 Å². The molecule has 14 aromatic carbocycles. The van der Waals surface area contributed by atoms with Crippen LogP contribution < -0.4 is 9.80 Å². The summed E-state index contributed by atoms with van der Waals surface area (Å²) >= 11 is 0. The Morgan fingerprint density at radius 2 is 0.793 bits per heavy atom. The van der Waals surface area contributed by atoms with Gasteiger partial charge in [0.1, 0.15) is 0 Å². The molecule has 0 fully saturated rings. The molecule has 1 spiro atoms. The number of anilines is 6. The van der Waals surface area contributed by atoms with Crippen molar-refractivity contribution in [2.24, 2.45) is 0 Å². The highest BCUT2D eigenvalue weighted by Gasteiger charge is 2.53. The van der Waals surface area contributed by atoms with Crippen molar-refractivity contribution in [1.82, 2.24) is 4.57 Å². The predicted octanol–water partition coefficient (Wildman–Crippen LogP) is 23.2. The van der Waals surface area contributed by atoms with Crippen LogP contribution in [-0.4, -0.2) is 4.57 Å². The van der Waals surface area contributed by atoms with Crippen LogP contribution >= 0.6 is 0 Å². The lowest BCUT2D eigenvalue weighted by molar-refractivity contribution is 0.794. The van der Waals surface area contributed by atoms with Gasteiger partial charge in [-0.3, -0.25) is 0 Å². The van der Waals surface area contributed by atoms with E-state index >= 15 is 0 Å². The van der Waals surface area contributed by atoms with Gasteiger partial charge in [0.05, 0.1) is 40.3 Å². The molecule has 0 unspecified atom stereocenters. The number of fused-ring (bicyclic) bond motifs is 14. The molecular formula is C87H55N5. The molecular weight excluding hydrogens is 1110 g/mol. The number of para-hydroxylation sites is 2. The van der Waals surface area contributed by atoms with Crippen molar-refractivity contribution < 1.29 is 0 Å². The Labute approximate surface area is 534 Å². The van der Waals surface area contributed by atoms with Gasteiger partial charge in [-0.25, -0.2) is 4.85 Å². The highest BCUT2D eigenvalue weighted by molar-refractivity contribution is 6.23. The molecule has 15 aromatic rings. The third kappa shape index (κ3) is 8.60. The Hall–Kier alpha value is -12.5. The van der Waals surface area contributed by atoms with Crippen LogP contribution in [-0.2, 0) is 5.41 Å². The van der Waals surface area contributed by atoms with Gasteiger partial charge < -0.3 is 14.4 Å². The fourth-order valence-corrected chi connectivity index (χ4v) is 14.8. The van der Waals surface area contributed by atoms with Crippen LogP contribution in [0.15, 0.2) is 334 Å². The molecule has 0 N–H and O–H groups in total. The highest BCUT2D eigenvalue weighted by atomic mass is 15.2. The summed E-state index contributed by atoms with van der Waals surface area (Å²) in [5.74, 6) is 0. The Kier molecular flexibility index (Phi) is 12.8. The second-order valence-corrected chi connectivity index (χ2v) is 23.8. The molecule has 0 saturated carbocycles. The topological polar surface area (TPSA) is 39.6 Å². The number of nitriles is 1. The fraction of sp³-hybridized carbons (Fsp3) is 0.0115. The highest BCUT2D eigenvalue weighted by Crippen LogP contribution is 2.66. The standard InChI is InChI=1S/C87H55N5/c1-89-67-41-45-69(46-42-67)90(72-51-63(59-23-7-2-8-24-59)49-64(52-72)60-25-9-3-10-26-60)71-47-48-76-80(55-71)87(78-36-20-17-33-74(78)75-34-18-21-37-79(75)87)81-56-83(85-77-35-19-22-38-82(77)92(86(85)84(76)81)68-31-15-6-16-32-68)91(70-43-39-58(57-88)40-44-70)73-53-65(61-27-11-4-12-28-61)50-66(54-73)62-29-13-5-14-30-62/h2-56H. The summed E-state index contributed by atoms with van der Waals surface area (Å²) in [5, 5.41) is 12.6. The van der Waals surface area contributed by atoms with Crippen LogP contribution in [0.25, 0.3) is 99.1 Å². The van der Waals surface area contributed by atoms with E-state index in [-0.39, 0.29) is 0 Å². The number of aromatic nitrogens is 1. The van der Waals surface area contributed by atoms with Crippen molar-refractivity contribution >= 4 is 61.6 Å². The first kappa shape index (κ1) is 53.7. The van der Waals surface area contributed by atoms with E-state index in [1.54, 1.807) is 0 Å². The lowest BCUT2D eigenvalue weighted by Crippen LogP contribution is -2.26. The second-order valence-electron chi connectivity index (χ2n) is 23.8. The fourth-order valence-electron chi connectivity index (χ4n) is 14.8. The summed E-state index contributed by atoms with van der Waals surface area (Å²) in [6.07, 6.45) is 0. The van der Waals surface area contributed by atoms with Crippen molar-refractivity contribution in [3.05, 3.63) is 373 Å². The Bertz CT molecular complexity index is 5290. The van der Waals surface area contributed by atoms with Gasteiger partial charge in [0.2, 0.25) is 0 Å².